The highest BCUT2D eigenvalue weighted by atomic mass is 32.2. The van der Waals surface area contributed by atoms with Crippen LogP contribution < -0.4 is 15.4 Å². The number of nitrogens with one attached hydrogen (secondary N) is 2. The van der Waals surface area contributed by atoms with E-state index in [1.165, 1.54) is 12.1 Å². The molecule has 4 nitrogen and oxygen atoms in total. The molecule has 1 unspecified atom stereocenters. The maximum atomic E-state index is 12.7. The minimum Gasteiger partial charge on any atom is -0.494 e. The highest BCUT2D eigenvalue weighted by molar-refractivity contribution is 7.99. The first-order valence-electron chi connectivity index (χ1n) is 7.70. The normalized spacial score (nSPS) is 18.0. The Bertz CT molecular complexity index is 450. The Hall–Kier alpha value is -1.27. The maximum Gasteiger partial charge on any atom is 0.221 e. The summed E-state index contributed by atoms with van der Waals surface area (Å²) in [5.41, 5.74) is 0. The number of hydrogen-bond donors (Lipinski definition) is 2. The Kier molecular flexibility index (Phi) is 7.53. The van der Waals surface area contributed by atoms with Crippen LogP contribution in [0.5, 0.6) is 5.75 Å². The summed E-state index contributed by atoms with van der Waals surface area (Å²) < 4.78 is 18.2. The Morgan fingerprint density at radius 1 is 1.36 bits per heavy atom. The van der Waals surface area contributed by atoms with E-state index in [-0.39, 0.29) is 11.7 Å². The van der Waals surface area contributed by atoms with E-state index in [4.69, 9.17) is 4.74 Å². The van der Waals surface area contributed by atoms with Crippen molar-refractivity contribution < 1.29 is 13.9 Å². The lowest BCUT2D eigenvalue weighted by atomic mass is 10.2. The van der Waals surface area contributed by atoms with Crippen LogP contribution >= 0.6 is 11.8 Å². The van der Waals surface area contributed by atoms with Gasteiger partial charge in [0.1, 0.15) is 11.6 Å². The van der Waals surface area contributed by atoms with Gasteiger partial charge in [-0.05, 0) is 37.1 Å². The fourth-order valence-corrected chi connectivity index (χ4v) is 3.17. The number of thioether (sulfide) groups is 1. The Morgan fingerprint density at radius 3 is 2.91 bits per heavy atom. The summed E-state index contributed by atoms with van der Waals surface area (Å²) in [6, 6.07) is 6.30. The first-order valence-corrected chi connectivity index (χ1v) is 8.86. The number of carbonyl (C=O) groups is 1. The van der Waals surface area contributed by atoms with Crippen molar-refractivity contribution in [2.24, 2.45) is 0 Å². The molecule has 2 rings (SSSR count). The Labute approximate surface area is 135 Å². The zero-order valence-electron chi connectivity index (χ0n) is 12.6. The van der Waals surface area contributed by atoms with Gasteiger partial charge in [0.15, 0.2) is 0 Å². The van der Waals surface area contributed by atoms with Gasteiger partial charge in [-0.1, -0.05) is 0 Å². The molecule has 1 amide bonds. The van der Waals surface area contributed by atoms with Gasteiger partial charge in [-0.25, -0.2) is 4.39 Å². The van der Waals surface area contributed by atoms with Crippen LogP contribution in [0.4, 0.5) is 4.39 Å². The molecule has 1 atom stereocenters. The predicted molar refractivity (Wildman–Crippen MR) is 87.9 cm³/mol. The quantitative estimate of drug-likeness (QED) is 0.719. The monoisotopic (exact) mass is 326 g/mol. The number of amides is 1. The highest BCUT2D eigenvalue weighted by Crippen LogP contribution is 2.11. The Balaban J connectivity index is 1.48. The SMILES string of the molecule is O=C(CC1CSCCN1)NCCCCOc1ccc(F)cc1. The van der Waals surface area contributed by atoms with Crippen LogP contribution in [0.15, 0.2) is 24.3 Å². The summed E-state index contributed by atoms with van der Waals surface area (Å²) in [6.45, 7) is 2.23. The molecule has 1 fully saturated rings. The Morgan fingerprint density at radius 2 is 2.18 bits per heavy atom. The van der Waals surface area contributed by atoms with Gasteiger partial charge in [-0.2, -0.15) is 11.8 Å². The standard InChI is InChI=1S/C16H23FN2O2S/c17-13-3-5-15(6-4-13)21-9-2-1-7-19-16(20)11-14-12-22-10-8-18-14/h3-6,14,18H,1-2,7-12H2,(H,19,20). The number of halogens is 1. The third-order valence-electron chi connectivity index (χ3n) is 3.41. The lowest BCUT2D eigenvalue weighted by Crippen LogP contribution is -2.41. The van der Waals surface area contributed by atoms with Crippen molar-refractivity contribution in [3.8, 4) is 5.75 Å². The van der Waals surface area contributed by atoms with Crippen LogP contribution in [-0.4, -0.2) is 43.2 Å². The molecular formula is C16H23FN2O2S. The number of ether oxygens (including phenoxy) is 1. The van der Waals surface area contributed by atoms with Gasteiger partial charge in [-0.15, -0.1) is 0 Å². The van der Waals surface area contributed by atoms with Gasteiger partial charge in [0.25, 0.3) is 0 Å². The van der Waals surface area contributed by atoms with Gasteiger partial charge in [0.2, 0.25) is 5.91 Å². The van der Waals surface area contributed by atoms with E-state index in [0.717, 1.165) is 30.9 Å². The molecule has 2 N–H and O–H groups in total. The summed E-state index contributed by atoms with van der Waals surface area (Å²) in [6.07, 6.45) is 2.29. The second kappa shape index (κ2) is 9.69. The zero-order chi connectivity index (χ0) is 15.6. The van der Waals surface area contributed by atoms with Crippen molar-refractivity contribution >= 4 is 17.7 Å². The molecule has 6 heteroatoms. The molecule has 1 aromatic carbocycles. The molecule has 22 heavy (non-hydrogen) atoms. The smallest absolute Gasteiger partial charge is 0.221 e. The van der Waals surface area contributed by atoms with E-state index in [2.05, 4.69) is 10.6 Å². The van der Waals surface area contributed by atoms with E-state index < -0.39 is 0 Å². The summed E-state index contributed by atoms with van der Waals surface area (Å²) in [4.78, 5) is 11.8. The van der Waals surface area contributed by atoms with E-state index in [1.54, 1.807) is 12.1 Å². The molecule has 0 aromatic heterocycles. The van der Waals surface area contributed by atoms with Crippen LogP contribution in [0.3, 0.4) is 0 Å². The molecule has 122 valence electrons. The number of carbonyl (C=O) groups excluding carboxylic acids is 1. The number of benzene rings is 1. The van der Waals surface area contributed by atoms with Gasteiger partial charge >= 0.3 is 0 Å². The molecule has 1 aromatic rings. The third kappa shape index (κ3) is 6.66. The van der Waals surface area contributed by atoms with Crippen molar-refractivity contribution in [2.75, 3.05) is 31.2 Å². The first-order chi connectivity index (χ1) is 10.7. The second-order valence-corrected chi connectivity index (χ2v) is 6.44. The fourth-order valence-electron chi connectivity index (χ4n) is 2.22. The van der Waals surface area contributed by atoms with E-state index in [1.807, 2.05) is 11.8 Å². The molecule has 0 spiro atoms. The number of rotatable bonds is 8. The lowest BCUT2D eigenvalue weighted by Gasteiger charge is -2.22. The minimum atomic E-state index is -0.263. The highest BCUT2D eigenvalue weighted by Gasteiger charge is 2.16. The van der Waals surface area contributed by atoms with Crippen molar-refractivity contribution in [2.45, 2.75) is 25.3 Å². The molecule has 0 aliphatic carbocycles. The number of hydrogen-bond acceptors (Lipinski definition) is 4. The molecule has 1 aliphatic rings. The van der Waals surface area contributed by atoms with E-state index in [9.17, 15) is 9.18 Å². The van der Waals surface area contributed by atoms with Crippen LogP contribution in [0.25, 0.3) is 0 Å². The fraction of sp³-hybridized carbons (Fsp3) is 0.562. The maximum absolute atomic E-state index is 12.7. The van der Waals surface area contributed by atoms with Crippen LogP contribution in [-0.2, 0) is 4.79 Å². The summed E-state index contributed by atoms with van der Waals surface area (Å²) in [5, 5.41) is 6.30. The van der Waals surface area contributed by atoms with Crippen molar-refractivity contribution in [3.05, 3.63) is 30.1 Å². The van der Waals surface area contributed by atoms with Crippen molar-refractivity contribution in [1.82, 2.24) is 10.6 Å². The minimum absolute atomic E-state index is 0.111. The lowest BCUT2D eigenvalue weighted by molar-refractivity contribution is -0.121. The first kappa shape index (κ1) is 17.1. The topological polar surface area (TPSA) is 50.4 Å². The third-order valence-corrected chi connectivity index (χ3v) is 4.54. The molecule has 1 aliphatic heterocycles. The van der Waals surface area contributed by atoms with Gasteiger partial charge in [0.05, 0.1) is 6.61 Å². The van der Waals surface area contributed by atoms with Gasteiger partial charge in [0, 0.05) is 37.1 Å². The molecule has 1 heterocycles. The zero-order valence-corrected chi connectivity index (χ0v) is 13.5. The van der Waals surface area contributed by atoms with Crippen molar-refractivity contribution in [3.63, 3.8) is 0 Å². The predicted octanol–water partition coefficient (Wildman–Crippen LogP) is 2.20. The molecule has 0 bridgehead atoms. The number of unbranched alkanes of at least 4 members (excludes halogenated alkanes) is 1. The van der Waals surface area contributed by atoms with Gasteiger partial charge in [-0.3, -0.25) is 4.79 Å². The van der Waals surface area contributed by atoms with Crippen molar-refractivity contribution in [1.29, 1.82) is 0 Å². The van der Waals surface area contributed by atoms with Crippen LogP contribution in [0, 0.1) is 5.82 Å². The molecule has 0 saturated carbocycles. The average molecular weight is 326 g/mol. The van der Waals surface area contributed by atoms with E-state index in [0.29, 0.717) is 31.4 Å². The van der Waals surface area contributed by atoms with E-state index >= 15 is 0 Å². The molecular weight excluding hydrogens is 303 g/mol. The average Bonchev–Trinajstić information content (AvgIpc) is 2.53. The summed E-state index contributed by atoms with van der Waals surface area (Å²) in [7, 11) is 0. The summed E-state index contributed by atoms with van der Waals surface area (Å²) in [5.74, 6) is 2.66. The van der Waals surface area contributed by atoms with Crippen LogP contribution in [0.2, 0.25) is 0 Å². The second-order valence-electron chi connectivity index (χ2n) is 5.29. The van der Waals surface area contributed by atoms with Crippen LogP contribution in [0.1, 0.15) is 19.3 Å². The molecule has 1 saturated heterocycles. The molecule has 0 radical (unpaired) electrons. The van der Waals surface area contributed by atoms with Gasteiger partial charge < -0.3 is 15.4 Å². The summed E-state index contributed by atoms with van der Waals surface area (Å²) >= 11 is 1.90. The largest absolute Gasteiger partial charge is 0.494 e.